The van der Waals surface area contributed by atoms with Crippen molar-refractivity contribution in [1.82, 2.24) is 4.98 Å². The van der Waals surface area contributed by atoms with E-state index >= 15 is 0 Å². The van der Waals surface area contributed by atoms with Crippen LogP contribution >= 0.6 is 0 Å². The maximum absolute atomic E-state index is 3.69. The lowest BCUT2D eigenvalue weighted by molar-refractivity contribution is -0.727. The average molecular weight is 532 g/mol. The van der Waals surface area contributed by atoms with Crippen molar-refractivity contribution < 1.29 is 4.57 Å². The Morgan fingerprint density at radius 2 is 0.868 bits per heavy atom. The van der Waals surface area contributed by atoms with E-state index < -0.39 is 0 Å². The summed E-state index contributed by atoms with van der Waals surface area (Å²) < 4.78 is 2.58. The first-order valence-electron chi connectivity index (χ1n) is 17.8. The third kappa shape index (κ3) is 18.5. The number of aromatic amines is 1. The van der Waals surface area contributed by atoms with Crippen molar-refractivity contribution in [2.45, 2.75) is 213 Å². The normalized spacial score (nSPS) is 13.3. The molecule has 1 aromatic heterocycles. The molecule has 0 saturated heterocycles. The Hall–Kier alpha value is -0.790. The van der Waals surface area contributed by atoms with Crippen LogP contribution < -0.4 is 4.57 Å². The van der Waals surface area contributed by atoms with Crippen molar-refractivity contribution in [3.63, 3.8) is 0 Å². The highest BCUT2D eigenvalue weighted by molar-refractivity contribution is 4.90. The first-order valence-corrected chi connectivity index (χ1v) is 17.8. The summed E-state index contributed by atoms with van der Waals surface area (Å²) in [6.07, 6.45) is 42.9. The molecule has 0 saturated carbocycles. The molecule has 0 spiro atoms. The third-order valence-electron chi connectivity index (χ3n) is 8.87. The van der Waals surface area contributed by atoms with Crippen molar-refractivity contribution in [3.05, 3.63) is 18.2 Å². The molecule has 2 atom stereocenters. The number of hydrogen-bond acceptors (Lipinski definition) is 0. The number of imidazole rings is 1. The van der Waals surface area contributed by atoms with Gasteiger partial charge in [0, 0.05) is 0 Å². The smallest absolute Gasteiger partial charge is 0.247 e. The van der Waals surface area contributed by atoms with E-state index in [1.807, 2.05) is 0 Å². The topological polar surface area (TPSA) is 19.7 Å². The summed E-state index contributed by atoms with van der Waals surface area (Å²) in [4.78, 5) is 3.69. The van der Waals surface area contributed by atoms with Crippen LogP contribution in [0.15, 0.2) is 12.4 Å². The summed E-state index contributed by atoms with van der Waals surface area (Å²) in [6.45, 7) is 9.34. The molecule has 1 heterocycles. The van der Waals surface area contributed by atoms with Crippen LogP contribution in [0.5, 0.6) is 0 Å². The first kappa shape index (κ1) is 35.2. The molecule has 0 aromatic carbocycles. The summed E-state index contributed by atoms with van der Waals surface area (Å²) in [5.41, 5.74) is 0. The molecule has 0 amide bonds. The van der Waals surface area contributed by atoms with Crippen molar-refractivity contribution in [2.24, 2.45) is 0 Å². The minimum absolute atomic E-state index is 0.614. The zero-order chi connectivity index (χ0) is 27.5. The van der Waals surface area contributed by atoms with Crippen LogP contribution in [0.4, 0.5) is 0 Å². The first-order chi connectivity index (χ1) is 18.7. The van der Waals surface area contributed by atoms with E-state index in [0.717, 1.165) is 0 Å². The number of rotatable bonds is 29. The Morgan fingerprint density at radius 1 is 0.500 bits per heavy atom. The van der Waals surface area contributed by atoms with Gasteiger partial charge in [-0.15, -0.1) is 0 Å². The molecule has 2 unspecified atom stereocenters. The molecule has 1 aromatic rings. The lowest BCUT2D eigenvalue weighted by Crippen LogP contribution is -2.41. The predicted molar refractivity (Wildman–Crippen MR) is 170 cm³/mol. The highest BCUT2D eigenvalue weighted by Gasteiger charge is 2.25. The molecule has 38 heavy (non-hydrogen) atoms. The van der Waals surface area contributed by atoms with Gasteiger partial charge in [0.05, 0.1) is 12.0 Å². The summed E-state index contributed by atoms with van der Waals surface area (Å²) in [5.74, 6) is 2.23. The second kappa shape index (κ2) is 26.4. The van der Waals surface area contributed by atoms with Gasteiger partial charge in [-0.3, -0.25) is 0 Å². The highest BCUT2D eigenvalue weighted by Crippen LogP contribution is 2.27. The zero-order valence-electron chi connectivity index (χ0n) is 26.8. The molecule has 2 heteroatoms. The summed E-state index contributed by atoms with van der Waals surface area (Å²) in [7, 11) is 0. The minimum atomic E-state index is 0.614. The number of hydrogen-bond donors (Lipinski definition) is 1. The van der Waals surface area contributed by atoms with E-state index in [1.54, 1.807) is 0 Å². The van der Waals surface area contributed by atoms with E-state index in [4.69, 9.17) is 0 Å². The quantitative estimate of drug-likeness (QED) is 0.0783. The van der Waals surface area contributed by atoms with Crippen LogP contribution in [-0.2, 0) is 0 Å². The Kier molecular flexibility index (Phi) is 24.5. The van der Waals surface area contributed by atoms with Crippen molar-refractivity contribution in [1.29, 1.82) is 0 Å². The standard InChI is InChI=1S/C36H70N2/c1-5-8-10-12-14-16-18-19-20-22-24-26-28-31-35(36-37-32-33-38(36)34(4)29-7-3)30-27-25-23-21-17-15-13-11-9-6-2/h32-35H,5-31H2,1-4H3/p+1. The van der Waals surface area contributed by atoms with Crippen molar-refractivity contribution in [3.8, 4) is 0 Å². The van der Waals surface area contributed by atoms with Crippen molar-refractivity contribution in [2.75, 3.05) is 0 Å². The average Bonchev–Trinajstić information content (AvgIpc) is 3.41. The molecule has 0 aliphatic rings. The molecule has 1 rings (SSSR count). The van der Waals surface area contributed by atoms with Gasteiger partial charge in [0.2, 0.25) is 0 Å². The lowest BCUT2D eigenvalue weighted by Gasteiger charge is -2.17. The largest absolute Gasteiger partial charge is 0.257 e. The monoisotopic (exact) mass is 532 g/mol. The fourth-order valence-electron chi connectivity index (χ4n) is 6.33. The van der Waals surface area contributed by atoms with Crippen molar-refractivity contribution >= 4 is 0 Å². The summed E-state index contributed by atoms with van der Waals surface area (Å²) in [6, 6.07) is 0.614. The lowest BCUT2D eigenvalue weighted by atomic mass is 9.92. The SMILES string of the molecule is CCCCCCCCCCCCCCCC(CCCCCCCCCCCC)c1[nH]cc[n+]1C(C)CCC. The van der Waals surface area contributed by atoms with Gasteiger partial charge in [-0.1, -0.05) is 175 Å². The minimum Gasteiger partial charge on any atom is -0.247 e. The van der Waals surface area contributed by atoms with E-state index in [9.17, 15) is 0 Å². The van der Waals surface area contributed by atoms with Crippen LogP contribution in [0.3, 0.4) is 0 Å². The summed E-state index contributed by atoms with van der Waals surface area (Å²) in [5, 5.41) is 0. The molecule has 0 aliphatic heterocycles. The van der Waals surface area contributed by atoms with E-state index in [2.05, 4.69) is 49.6 Å². The van der Waals surface area contributed by atoms with Gasteiger partial charge in [-0.25, -0.2) is 9.55 Å². The zero-order valence-corrected chi connectivity index (χ0v) is 26.8. The van der Waals surface area contributed by atoms with E-state index in [1.165, 1.54) is 179 Å². The van der Waals surface area contributed by atoms with Crippen LogP contribution in [0.25, 0.3) is 0 Å². The highest BCUT2D eigenvalue weighted by atomic mass is 15.1. The Labute approximate surface area is 240 Å². The molecule has 0 radical (unpaired) electrons. The maximum Gasteiger partial charge on any atom is 0.257 e. The molecule has 0 aliphatic carbocycles. The maximum atomic E-state index is 3.69. The van der Waals surface area contributed by atoms with Crippen LogP contribution in [0.2, 0.25) is 0 Å². The molecular weight excluding hydrogens is 460 g/mol. The molecule has 0 fully saturated rings. The second-order valence-corrected chi connectivity index (χ2v) is 12.6. The Bertz CT molecular complexity index is 592. The third-order valence-corrected chi connectivity index (χ3v) is 8.87. The Morgan fingerprint density at radius 3 is 1.24 bits per heavy atom. The molecule has 2 nitrogen and oxygen atoms in total. The second-order valence-electron chi connectivity index (χ2n) is 12.6. The van der Waals surface area contributed by atoms with E-state index in [-0.39, 0.29) is 0 Å². The van der Waals surface area contributed by atoms with Gasteiger partial charge >= 0.3 is 0 Å². The number of nitrogens with zero attached hydrogens (tertiary/aromatic N) is 1. The number of H-pyrrole nitrogens is 1. The number of aromatic nitrogens is 2. The van der Waals surface area contributed by atoms with Gasteiger partial charge in [0.15, 0.2) is 0 Å². The van der Waals surface area contributed by atoms with Gasteiger partial charge < -0.3 is 0 Å². The Balaban J connectivity index is 2.28. The van der Waals surface area contributed by atoms with Gasteiger partial charge in [0.1, 0.15) is 12.4 Å². The molecule has 1 N–H and O–H groups in total. The van der Waals surface area contributed by atoms with Crippen LogP contribution in [-0.4, -0.2) is 4.98 Å². The van der Waals surface area contributed by atoms with Gasteiger partial charge in [-0.05, 0) is 26.2 Å². The fraction of sp³-hybridized carbons (Fsp3) is 0.917. The molecule has 224 valence electrons. The van der Waals surface area contributed by atoms with Crippen LogP contribution in [0.1, 0.15) is 219 Å². The van der Waals surface area contributed by atoms with E-state index in [0.29, 0.717) is 12.0 Å². The molecule has 0 bridgehead atoms. The number of nitrogens with one attached hydrogen (secondary N) is 1. The predicted octanol–water partition coefficient (Wildman–Crippen LogP) is 12.5. The van der Waals surface area contributed by atoms with Crippen LogP contribution in [0, 0.1) is 0 Å². The van der Waals surface area contributed by atoms with Gasteiger partial charge in [-0.2, -0.15) is 0 Å². The van der Waals surface area contributed by atoms with Gasteiger partial charge in [0.25, 0.3) is 5.82 Å². The molecular formula is C36H71N2+. The number of unbranched alkanes of at least 4 members (excludes halogenated alkanes) is 21. The summed E-state index contributed by atoms with van der Waals surface area (Å²) >= 11 is 0. The fourth-order valence-corrected chi connectivity index (χ4v) is 6.33.